The molecule has 0 bridgehead atoms. The van der Waals surface area contributed by atoms with Crippen LogP contribution in [0.5, 0.6) is 0 Å². The number of aromatic nitrogens is 2. The van der Waals surface area contributed by atoms with Gasteiger partial charge in [-0.05, 0) is 38.0 Å². The van der Waals surface area contributed by atoms with Crippen molar-refractivity contribution in [3.8, 4) is 11.1 Å². The fourth-order valence-corrected chi connectivity index (χ4v) is 2.85. The van der Waals surface area contributed by atoms with Crippen molar-refractivity contribution in [2.75, 3.05) is 31.1 Å². The molecule has 3 rings (SSSR count). The van der Waals surface area contributed by atoms with E-state index in [1.165, 1.54) is 0 Å². The van der Waals surface area contributed by atoms with Crippen LogP contribution in [-0.4, -0.2) is 47.8 Å². The minimum Gasteiger partial charge on any atom is -0.444 e. The highest BCUT2D eigenvalue weighted by molar-refractivity contribution is 5.68. The number of piperazine rings is 1. The maximum Gasteiger partial charge on any atom is 0.407 e. The molecule has 2 N–H and O–H groups in total. The molecule has 1 aliphatic heterocycles. The molecule has 1 aliphatic rings. The molecule has 0 radical (unpaired) electrons. The molecule has 0 aliphatic carbocycles. The largest absolute Gasteiger partial charge is 0.444 e. The SMILES string of the molecule is CC(C)(C)OC(=O)NCc1cccc(-c2cnc(N3CCNCC3)nc2)c1. The summed E-state index contributed by atoms with van der Waals surface area (Å²) in [6.45, 7) is 9.69. The number of benzene rings is 1. The Kier molecular flexibility index (Phi) is 5.91. The van der Waals surface area contributed by atoms with Crippen molar-refractivity contribution in [1.29, 1.82) is 0 Å². The number of hydrogen-bond donors (Lipinski definition) is 2. The Balaban J connectivity index is 1.63. The van der Waals surface area contributed by atoms with Crippen molar-refractivity contribution < 1.29 is 9.53 Å². The Bertz CT molecular complexity index is 765. The first-order chi connectivity index (χ1) is 12.9. The minimum absolute atomic E-state index is 0.405. The zero-order chi connectivity index (χ0) is 19.3. The third kappa shape index (κ3) is 5.65. The summed E-state index contributed by atoms with van der Waals surface area (Å²) in [7, 11) is 0. The Morgan fingerprint density at radius 2 is 1.89 bits per heavy atom. The van der Waals surface area contributed by atoms with Gasteiger partial charge in [0.2, 0.25) is 5.95 Å². The lowest BCUT2D eigenvalue weighted by Crippen LogP contribution is -2.44. The molecule has 7 nitrogen and oxygen atoms in total. The van der Waals surface area contributed by atoms with E-state index in [2.05, 4.69) is 25.5 Å². The summed E-state index contributed by atoms with van der Waals surface area (Å²) >= 11 is 0. The lowest BCUT2D eigenvalue weighted by Gasteiger charge is -2.27. The number of carbonyl (C=O) groups excluding carboxylic acids is 1. The molecule has 1 fully saturated rings. The van der Waals surface area contributed by atoms with Crippen molar-refractivity contribution in [3.05, 3.63) is 42.2 Å². The average molecular weight is 369 g/mol. The second-order valence-corrected chi connectivity index (χ2v) is 7.56. The number of nitrogens with zero attached hydrogens (tertiary/aromatic N) is 3. The molecule has 27 heavy (non-hydrogen) atoms. The van der Waals surface area contributed by atoms with Gasteiger partial charge in [-0.3, -0.25) is 0 Å². The maximum atomic E-state index is 11.8. The fourth-order valence-electron chi connectivity index (χ4n) is 2.85. The molecule has 0 atom stereocenters. The Morgan fingerprint density at radius 1 is 1.19 bits per heavy atom. The van der Waals surface area contributed by atoms with Crippen molar-refractivity contribution in [1.82, 2.24) is 20.6 Å². The van der Waals surface area contributed by atoms with Crippen LogP contribution in [0.3, 0.4) is 0 Å². The predicted molar refractivity (Wildman–Crippen MR) is 106 cm³/mol. The lowest BCUT2D eigenvalue weighted by atomic mass is 10.1. The number of alkyl carbamates (subject to hydrolysis) is 1. The molecule has 0 saturated carbocycles. The topological polar surface area (TPSA) is 79.4 Å². The van der Waals surface area contributed by atoms with Gasteiger partial charge in [-0.25, -0.2) is 14.8 Å². The summed E-state index contributed by atoms with van der Waals surface area (Å²) in [5.74, 6) is 0.767. The third-order valence-corrected chi connectivity index (χ3v) is 4.13. The van der Waals surface area contributed by atoms with Crippen molar-refractivity contribution in [2.45, 2.75) is 32.9 Å². The molecule has 0 spiro atoms. The van der Waals surface area contributed by atoms with E-state index in [4.69, 9.17) is 4.74 Å². The monoisotopic (exact) mass is 369 g/mol. The number of nitrogens with one attached hydrogen (secondary N) is 2. The summed E-state index contributed by atoms with van der Waals surface area (Å²) in [5.41, 5.74) is 2.46. The molecular formula is C20H27N5O2. The number of amides is 1. The quantitative estimate of drug-likeness (QED) is 0.862. The van der Waals surface area contributed by atoms with Crippen LogP contribution >= 0.6 is 0 Å². The highest BCUT2D eigenvalue weighted by atomic mass is 16.6. The molecular weight excluding hydrogens is 342 g/mol. The highest BCUT2D eigenvalue weighted by Crippen LogP contribution is 2.20. The summed E-state index contributed by atoms with van der Waals surface area (Å²) < 4.78 is 5.27. The van der Waals surface area contributed by atoms with E-state index in [0.29, 0.717) is 6.54 Å². The van der Waals surface area contributed by atoms with E-state index < -0.39 is 11.7 Å². The van der Waals surface area contributed by atoms with Crippen LogP contribution in [-0.2, 0) is 11.3 Å². The zero-order valence-electron chi connectivity index (χ0n) is 16.2. The van der Waals surface area contributed by atoms with Gasteiger partial charge < -0.3 is 20.3 Å². The molecule has 7 heteroatoms. The van der Waals surface area contributed by atoms with Gasteiger partial charge in [0.1, 0.15) is 5.60 Å². The first-order valence-electron chi connectivity index (χ1n) is 9.24. The van der Waals surface area contributed by atoms with E-state index in [1.54, 1.807) is 0 Å². The van der Waals surface area contributed by atoms with Crippen LogP contribution in [0.2, 0.25) is 0 Å². The van der Waals surface area contributed by atoms with Crippen LogP contribution in [0.15, 0.2) is 36.7 Å². The average Bonchev–Trinajstić information content (AvgIpc) is 2.66. The van der Waals surface area contributed by atoms with Crippen LogP contribution in [0.4, 0.5) is 10.7 Å². The number of anilines is 1. The Morgan fingerprint density at radius 3 is 2.56 bits per heavy atom. The number of rotatable bonds is 4. The number of ether oxygens (including phenoxy) is 1. The van der Waals surface area contributed by atoms with E-state index in [1.807, 2.05) is 57.4 Å². The fraction of sp³-hybridized carbons (Fsp3) is 0.450. The molecule has 1 aromatic heterocycles. The summed E-state index contributed by atoms with van der Waals surface area (Å²) in [5, 5.41) is 6.11. The molecule has 2 aromatic rings. The summed E-state index contributed by atoms with van der Waals surface area (Å²) in [6.07, 6.45) is 3.28. The van der Waals surface area contributed by atoms with Crippen molar-refractivity contribution in [2.24, 2.45) is 0 Å². The van der Waals surface area contributed by atoms with Gasteiger partial charge in [-0.15, -0.1) is 0 Å². The van der Waals surface area contributed by atoms with Gasteiger partial charge in [0.15, 0.2) is 0 Å². The van der Waals surface area contributed by atoms with E-state index >= 15 is 0 Å². The first kappa shape index (κ1) is 19.1. The van der Waals surface area contributed by atoms with E-state index in [-0.39, 0.29) is 0 Å². The maximum absolute atomic E-state index is 11.8. The van der Waals surface area contributed by atoms with Crippen molar-refractivity contribution in [3.63, 3.8) is 0 Å². The van der Waals surface area contributed by atoms with Gasteiger partial charge in [-0.1, -0.05) is 18.2 Å². The molecule has 144 valence electrons. The van der Waals surface area contributed by atoms with Gasteiger partial charge in [-0.2, -0.15) is 0 Å². The van der Waals surface area contributed by atoms with Crippen molar-refractivity contribution >= 4 is 12.0 Å². The summed E-state index contributed by atoms with van der Waals surface area (Å²) in [4.78, 5) is 23.0. The normalized spacial score (nSPS) is 14.7. The second-order valence-electron chi connectivity index (χ2n) is 7.56. The first-order valence-corrected chi connectivity index (χ1v) is 9.24. The third-order valence-electron chi connectivity index (χ3n) is 4.13. The second kappa shape index (κ2) is 8.35. The molecule has 1 saturated heterocycles. The van der Waals surface area contributed by atoms with Crippen LogP contribution < -0.4 is 15.5 Å². The molecule has 1 aromatic carbocycles. The van der Waals surface area contributed by atoms with E-state index in [9.17, 15) is 4.79 Å². The van der Waals surface area contributed by atoms with E-state index in [0.717, 1.165) is 48.8 Å². The smallest absolute Gasteiger partial charge is 0.407 e. The lowest BCUT2D eigenvalue weighted by molar-refractivity contribution is 0.0523. The van der Waals surface area contributed by atoms with Gasteiger partial charge >= 0.3 is 6.09 Å². The molecule has 1 amide bonds. The van der Waals surface area contributed by atoms with Gasteiger partial charge in [0, 0.05) is 50.7 Å². The molecule has 0 unspecified atom stereocenters. The van der Waals surface area contributed by atoms with Crippen LogP contribution in [0.1, 0.15) is 26.3 Å². The molecule has 2 heterocycles. The zero-order valence-corrected chi connectivity index (χ0v) is 16.2. The minimum atomic E-state index is -0.505. The van der Waals surface area contributed by atoms with Crippen LogP contribution in [0, 0.1) is 0 Å². The number of hydrogen-bond acceptors (Lipinski definition) is 6. The Labute approximate surface area is 160 Å². The van der Waals surface area contributed by atoms with Gasteiger partial charge in [0.25, 0.3) is 0 Å². The number of carbonyl (C=O) groups is 1. The summed E-state index contributed by atoms with van der Waals surface area (Å²) in [6, 6.07) is 7.98. The highest BCUT2D eigenvalue weighted by Gasteiger charge is 2.16. The Hall–Kier alpha value is -2.67. The van der Waals surface area contributed by atoms with Gasteiger partial charge in [0.05, 0.1) is 0 Å². The van der Waals surface area contributed by atoms with Crippen LogP contribution in [0.25, 0.3) is 11.1 Å². The predicted octanol–water partition coefficient (Wildman–Crippen LogP) is 2.58. The standard InChI is InChI=1S/C20H27N5O2/c1-20(2,3)27-19(26)24-12-15-5-4-6-16(11-15)17-13-22-18(23-14-17)25-9-7-21-8-10-25/h4-6,11,13-14,21H,7-10,12H2,1-3H3,(H,24,26).